The number of aryl methyl sites for hydroxylation is 2. The van der Waals surface area contributed by atoms with E-state index in [1.165, 1.54) is 19.2 Å². The number of rotatable bonds is 6. The van der Waals surface area contributed by atoms with Gasteiger partial charge in [0.2, 0.25) is 0 Å². The molecule has 0 saturated heterocycles. The molecule has 0 radical (unpaired) electrons. The average molecular weight is 348 g/mol. The number of carbonyl (C=O) groups excluding carboxylic acids is 1. The Morgan fingerprint density at radius 1 is 1.04 bits per heavy atom. The summed E-state index contributed by atoms with van der Waals surface area (Å²) in [6.07, 6.45) is 1.61. The van der Waals surface area contributed by atoms with E-state index >= 15 is 0 Å². The predicted octanol–water partition coefficient (Wildman–Crippen LogP) is 1.76. The number of sulfonamides is 1. The molecular weight excluding hydrogens is 328 g/mol. The lowest BCUT2D eigenvalue weighted by atomic mass is 10.0. The van der Waals surface area contributed by atoms with Crippen molar-refractivity contribution in [2.45, 2.75) is 31.6 Å². The molecule has 7 nitrogen and oxygen atoms in total. The van der Waals surface area contributed by atoms with Crippen LogP contribution in [0.25, 0.3) is 0 Å². The van der Waals surface area contributed by atoms with Crippen LogP contribution >= 0.6 is 0 Å². The number of hydrogen-bond donors (Lipinski definition) is 2. The lowest BCUT2D eigenvalue weighted by molar-refractivity contribution is 0.0957. The van der Waals surface area contributed by atoms with Crippen molar-refractivity contribution in [3.8, 4) is 0 Å². The highest BCUT2D eigenvalue weighted by Gasteiger charge is 2.17. The maximum atomic E-state index is 12.5. The second kappa shape index (κ2) is 7.39. The van der Waals surface area contributed by atoms with Crippen molar-refractivity contribution in [3.63, 3.8) is 0 Å². The third-order valence-electron chi connectivity index (χ3n) is 3.61. The minimum Gasteiger partial charge on any atom is -0.354 e. The van der Waals surface area contributed by atoms with Gasteiger partial charge in [-0.15, -0.1) is 10.2 Å². The summed E-state index contributed by atoms with van der Waals surface area (Å²) in [5.41, 5.74) is 2.24. The Morgan fingerprint density at radius 3 is 2.29 bits per heavy atom. The first kappa shape index (κ1) is 17.9. The van der Waals surface area contributed by atoms with Crippen LogP contribution in [0.5, 0.6) is 0 Å². The Balaban J connectivity index is 2.26. The molecule has 8 heteroatoms. The SMILES string of the molecule is CCc1ccc(S(=O)(=O)Nc2ccc(C(=O)NC)nn2)cc1CC. The Kier molecular flexibility index (Phi) is 5.50. The van der Waals surface area contributed by atoms with Crippen LogP contribution in [0.15, 0.2) is 35.2 Å². The molecule has 1 heterocycles. The molecule has 0 spiro atoms. The van der Waals surface area contributed by atoms with Gasteiger partial charge in [0.25, 0.3) is 15.9 Å². The van der Waals surface area contributed by atoms with Crippen molar-refractivity contribution in [2.75, 3.05) is 11.8 Å². The highest BCUT2D eigenvalue weighted by Crippen LogP contribution is 2.19. The van der Waals surface area contributed by atoms with Crippen LogP contribution in [0.3, 0.4) is 0 Å². The zero-order valence-electron chi connectivity index (χ0n) is 13.8. The number of hydrogen-bond acceptors (Lipinski definition) is 5. The molecule has 0 atom stereocenters. The van der Waals surface area contributed by atoms with Gasteiger partial charge < -0.3 is 5.32 Å². The molecule has 0 aliphatic carbocycles. The third kappa shape index (κ3) is 3.88. The van der Waals surface area contributed by atoms with Gasteiger partial charge in [0.05, 0.1) is 4.90 Å². The van der Waals surface area contributed by atoms with Gasteiger partial charge in [0.15, 0.2) is 11.5 Å². The standard InChI is InChI=1S/C16H20N4O3S/c1-4-11-6-7-13(10-12(11)5-2)24(22,23)20-15-9-8-14(18-19-15)16(21)17-3/h6-10H,4-5H2,1-3H3,(H,17,21)(H,19,20). The normalized spacial score (nSPS) is 11.1. The lowest BCUT2D eigenvalue weighted by Crippen LogP contribution is -2.20. The molecule has 24 heavy (non-hydrogen) atoms. The lowest BCUT2D eigenvalue weighted by Gasteiger charge is -2.11. The molecule has 0 fully saturated rings. The molecule has 1 aromatic heterocycles. The largest absolute Gasteiger partial charge is 0.354 e. The van der Waals surface area contributed by atoms with Gasteiger partial charge in [0.1, 0.15) is 0 Å². The van der Waals surface area contributed by atoms with Crippen molar-refractivity contribution in [2.24, 2.45) is 0 Å². The summed E-state index contributed by atoms with van der Waals surface area (Å²) in [5, 5.41) is 9.85. The quantitative estimate of drug-likeness (QED) is 0.828. The van der Waals surface area contributed by atoms with Crippen LogP contribution in [-0.4, -0.2) is 31.6 Å². The molecule has 2 N–H and O–H groups in total. The van der Waals surface area contributed by atoms with Crippen molar-refractivity contribution < 1.29 is 13.2 Å². The van der Waals surface area contributed by atoms with Gasteiger partial charge in [-0.3, -0.25) is 9.52 Å². The zero-order valence-corrected chi connectivity index (χ0v) is 14.6. The molecule has 2 aromatic rings. The number of benzene rings is 1. The molecule has 0 bridgehead atoms. The maximum Gasteiger partial charge on any atom is 0.271 e. The molecule has 2 rings (SSSR count). The fraction of sp³-hybridized carbons (Fsp3) is 0.312. The molecular formula is C16H20N4O3S. The van der Waals surface area contributed by atoms with Gasteiger partial charge in [0, 0.05) is 7.05 Å². The molecule has 0 unspecified atom stereocenters. The van der Waals surface area contributed by atoms with E-state index < -0.39 is 10.0 Å². The second-order valence-corrected chi connectivity index (χ2v) is 6.81. The van der Waals surface area contributed by atoms with Crippen molar-refractivity contribution in [3.05, 3.63) is 47.2 Å². The summed E-state index contributed by atoms with van der Waals surface area (Å²) < 4.78 is 27.3. The summed E-state index contributed by atoms with van der Waals surface area (Å²) in [4.78, 5) is 11.6. The van der Waals surface area contributed by atoms with Crippen LogP contribution in [-0.2, 0) is 22.9 Å². The smallest absolute Gasteiger partial charge is 0.271 e. The van der Waals surface area contributed by atoms with E-state index in [2.05, 4.69) is 20.2 Å². The van der Waals surface area contributed by atoms with Crippen LogP contribution < -0.4 is 10.0 Å². The maximum absolute atomic E-state index is 12.5. The Bertz CT molecular complexity index is 833. The molecule has 0 aliphatic rings. The van der Waals surface area contributed by atoms with E-state index in [0.717, 1.165) is 24.0 Å². The van der Waals surface area contributed by atoms with Gasteiger partial charge in [-0.1, -0.05) is 19.9 Å². The minimum atomic E-state index is -3.76. The van der Waals surface area contributed by atoms with Crippen LogP contribution in [0.2, 0.25) is 0 Å². The first-order valence-electron chi connectivity index (χ1n) is 7.61. The number of carbonyl (C=O) groups is 1. The molecule has 1 aromatic carbocycles. The fourth-order valence-corrected chi connectivity index (χ4v) is 3.32. The van der Waals surface area contributed by atoms with E-state index in [1.807, 2.05) is 19.9 Å². The highest BCUT2D eigenvalue weighted by molar-refractivity contribution is 7.92. The minimum absolute atomic E-state index is 0.0558. The Morgan fingerprint density at radius 2 is 1.75 bits per heavy atom. The van der Waals surface area contributed by atoms with Crippen LogP contribution in [0, 0.1) is 0 Å². The van der Waals surface area contributed by atoms with Crippen LogP contribution in [0.4, 0.5) is 5.82 Å². The first-order valence-corrected chi connectivity index (χ1v) is 9.10. The fourth-order valence-electron chi connectivity index (χ4n) is 2.28. The van der Waals surface area contributed by atoms with E-state index in [4.69, 9.17) is 0 Å². The topological polar surface area (TPSA) is 101 Å². The number of amides is 1. The summed E-state index contributed by atoms with van der Waals surface area (Å²) in [5.74, 6) is -0.333. The molecule has 128 valence electrons. The van der Waals surface area contributed by atoms with Crippen molar-refractivity contribution in [1.82, 2.24) is 15.5 Å². The molecule has 0 aliphatic heterocycles. The molecule has 1 amide bonds. The van der Waals surface area contributed by atoms with E-state index in [1.54, 1.807) is 12.1 Å². The van der Waals surface area contributed by atoms with Gasteiger partial charge in [-0.25, -0.2) is 8.42 Å². The van der Waals surface area contributed by atoms with Crippen LogP contribution in [0.1, 0.15) is 35.5 Å². The molecule has 0 saturated carbocycles. The van der Waals surface area contributed by atoms with Gasteiger partial charge >= 0.3 is 0 Å². The van der Waals surface area contributed by atoms with Gasteiger partial charge in [-0.05, 0) is 48.2 Å². The Labute approximate surface area is 141 Å². The van der Waals surface area contributed by atoms with E-state index in [9.17, 15) is 13.2 Å². The van der Waals surface area contributed by atoms with Crippen molar-refractivity contribution >= 4 is 21.7 Å². The summed E-state index contributed by atoms with van der Waals surface area (Å²) in [6, 6.07) is 7.88. The van der Waals surface area contributed by atoms with E-state index in [0.29, 0.717) is 0 Å². The summed E-state index contributed by atoms with van der Waals surface area (Å²) >= 11 is 0. The zero-order chi connectivity index (χ0) is 17.7. The van der Waals surface area contributed by atoms with Crippen molar-refractivity contribution in [1.29, 1.82) is 0 Å². The van der Waals surface area contributed by atoms with E-state index in [-0.39, 0.29) is 22.3 Å². The first-order chi connectivity index (χ1) is 11.4. The highest BCUT2D eigenvalue weighted by atomic mass is 32.2. The Hall–Kier alpha value is -2.48. The third-order valence-corrected chi connectivity index (χ3v) is 4.97. The number of aromatic nitrogens is 2. The monoisotopic (exact) mass is 348 g/mol. The van der Waals surface area contributed by atoms with Gasteiger partial charge in [-0.2, -0.15) is 0 Å². The predicted molar refractivity (Wildman–Crippen MR) is 91.4 cm³/mol. The summed E-state index contributed by atoms with van der Waals surface area (Å²) in [7, 11) is -2.28. The summed E-state index contributed by atoms with van der Waals surface area (Å²) in [6.45, 7) is 4.02. The number of nitrogens with zero attached hydrogens (tertiary/aromatic N) is 2. The average Bonchev–Trinajstić information content (AvgIpc) is 2.60. The number of nitrogens with one attached hydrogen (secondary N) is 2. The second-order valence-electron chi connectivity index (χ2n) is 5.13. The number of anilines is 1.